The summed E-state index contributed by atoms with van der Waals surface area (Å²) < 4.78 is 5.41. The second-order valence-electron chi connectivity index (χ2n) is 4.36. The molecule has 0 amide bonds. The lowest BCUT2D eigenvalue weighted by Crippen LogP contribution is -2.35. The summed E-state index contributed by atoms with van der Waals surface area (Å²) in [5.74, 6) is 2.16. The van der Waals surface area contributed by atoms with Crippen LogP contribution in [0.1, 0.15) is 31.4 Å². The van der Waals surface area contributed by atoms with Crippen LogP contribution in [0.25, 0.3) is 0 Å². The van der Waals surface area contributed by atoms with Gasteiger partial charge < -0.3 is 10.1 Å². The maximum absolute atomic E-state index is 5.41. The molecule has 88 valence electrons. The first kappa shape index (κ1) is 11.4. The molecule has 1 aromatic rings. The van der Waals surface area contributed by atoms with Gasteiger partial charge in [-0.3, -0.25) is 4.98 Å². The molecule has 2 unspecified atom stereocenters. The van der Waals surface area contributed by atoms with E-state index in [2.05, 4.69) is 17.2 Å². The first-order chi connectivity index (χ1) is 7.86. The summed E-state index contributed by atoms with van der Waals surface area (Å²) >= 11 is 0. The number of methoxy groups -OCH3 is 1. The summed E-state index contributed by atoms with van der Waals surface area (Å²) in [7, 11) is 1.72. The first-order valence-electron chi connectivity index (χ1n) is 6.06. The predicted octanol–water partition coefficient (Wildman–Crippen LogP) is 2.19. The molecule has 1 saturated heterocycles. The average molecular weight is 220 g/mol. The van der Waals surface area contributed by atoms with Crippen molar-refractivity contribution in [1.82, 2.24) is 10.3 Å². The van der Waals surface area contributed by atoms with Crippen molar-refractivity contribution in [3.63, 3.8) is 0 Å². The van der Waals surface area contributed by atoms with Gasteiger partial charge in [0.1, 0.15) is 5.75 Å². The zero-order valence-electron chi connectivity index (χ0n) is 10.1. The summed E-state index contributed by atoms with van der Waals surface area (Å²) in [6, 6.07) is 3.95. The van der Waals surface area contributed by atoms with E-state index in [0.717, 1.165) is 31.0 Å². The van der Waals surface area contributed by atoms with Crippen LogP contribution in [0.3, 0.4) is 0 Å². The molecule has 0 aromatic carbocycles. The molecule has 16 heavy (non-hydrogen) atoms. The topological polar surface area (TPSA) is 34.2 Å². The standard InChI is InChI=1S/C13H20N2O/c1-3-10-9-14-8-6-11(10)13-12(16-2)5-4-7-15-13/h4-5,7,10-11,14H,3,6,8-9H2,1-2H3. The minimum atomic E-state index is 0.544. The first-order valence-corrected chi connectivity index (χ1v) is 6.06. The van der Waals surface area contributed by atoms with Crippen LogP contribution in [-0.4, -0.2) is 25.2 Å². The van der Waals surface area contributed by atoms with Gasteiger partial charge in [0.25, 0.3) is 0 Å². The van der Waals surface area contributed by atoms with Gasteiger partial charge >= 0.3 is 0 Å². The minimum absolute atomic E-state index is 0.544. The molecule has 1 fully saturated rings. The molecule has 1 aliphatic heterocycles. The molecule has 2 heterocycles. The lowest BCUT2D eigenvalue weighted by molar-refractivity contribution is 0.302. The molecule has 2 rings (SSSR count). The van der Waals surface area contributed by atoms with E-state index >= 15 is 0 Å². The molecule has 0 spiro atoms. The number of rotatable bonds is 3. The number of hydrogen-bond donors (Lipinski definition) is 1. The third-order valence-electron chi connectivity index (χ3n) is 3.50. The summed E-state index contributed by atoms with van der Waals surface area (Å²) in [5.41, 5.74) is 1.14. The molecule has 1 aliphatic rings. The Hall–Kier alpha value is -1.09. The summed E-state index contributed by atoms with van der Waals surface area (Å²) in [6.07, 6.45) is 4.22. The van der Waals surface area contributed by atoms with E-state index in [1.165, 1.54) is 6.42 Å². The Labute approximate surface area is 97.2 Å². The number of ether oxygens (including phenoxy) is 1. The number of nitrogens with one attached hydrogen (secondary N) is 1. The van der Waals surface area contributed by atoms with Crippen LogP contribution in [0.5, 0.6) is 5.75 Å². The Morgan fingerprint density at radius 2 is 2.44 bits per heavy atom. The van der Waals surface area contributed by atoms with Crippen molar-refractivity contribution in [2.45, 2.75) is 25.7 Å². The van der Waals surface area contributed by atoms with E-state index in [-0.39, 0.29) is 0 Å². The lowest BCUT2D eigenvalue weighted by Gasteiger charge is -2.31. The molecule has 0 bridgehead atoms. The van der Waals surface area contributed by atoms with Crippen molar-refractivity contribution in [2.24, 2.45) is 5.92 Å². The quantitative estimate of drug-likeness (QED) is 0.848. The Bertz CT molecular complexity index is 340. The molecule has 3 heteroatoms. The van der Waals surface area contributed by atoms with Gasteiger partial charge in [-0.05, 0) is 37.6 Å². The molecular weight excluding hydrogens is 200 g/mol. The molecule has 0 aliphatic carbocycles. The average Bonchev–Trinajstić information content (AvgIpc) is 2.38. The van der Waals surface area contributed by atoms with Crippen LogP contribution in [-0.2, 0) is 0 Å². The maximum atomic E-state index is 5.41. The maximum Gasteiger partial charge on any atom is 0.140 e. The van der Waals surface area contributed by atoms with Crippen molar-refractivity contribution >= 4 is 0 Å². The van der Waals surface area contributed by atoms with Gasteiger partial charge in [-0.15, -0.1) is 0 Å². The fraction of sp³-hybridized carbons (Fsp3) is 0.615. The van der Waals surface area contributed by atoms with E-state index in [9.17, 15) is 0 Å². The summed E-state index contributed by atoms with van der Waals surface area (Å²) in [5, 5.41) is 3.45. The molecule has 0 saturated carbocycles. The number of nitrogens with zero attached hydrogens (tertiary/aromatic N) is 1. The zero-order valence-corrected chi connectivity index (χ0v) is 10.1. The van der Waals surface area contributed by atoms with Gasteiger partial charge in [0.05, 0.1) is 12.8 Å². The summed E-state index contributed by atoms with van der Waals surface area (Å²) in [6.45, 7) is 4.43. The Kier molecular flexibility index (Phi) is 3.78. The molecule has 1 aromatic heterocycles. The Morgan fingerprint density at radius 3 is 3.19 bits per heavy atom. The molecular formula is C13H20N2O. The van der Waals surface area contributed by atoms with Crippen LogP contribution in [0, 0.1) is 5.92 Å². The van der Waals surface area contributed by atoms with Crippen molar-refractivity contribution in [3.8, 4) is 5.75 Å². The largest absolute Gasteiger partial charge is 0.495 e. The lowest BCUT2D eigenvalue weighted by atomic mass is 9.82. The number of hydrogen-bond acceptors (Lipinski definition) is 3. The van der Waals surface area contributed by atoms with Gasteiger partial charge in [0.15, 0.2) is 0 Å². The second-order valence-corrected chi connectivity index (χ2v) is 4.36. The van der Waals surface area contributed by atoms with Crippen LogP contribution < -0.4 is 10.1 Å². The Balaban J connectivity index is 2.26. The van der Waals surface area contributed by atoms with E-state index < -0.39 is 0 Å². The highest BCUT2D eigenvalue weighted by Gasteiger charge is 2.28. The second kappa shape index (κ2) is 5.30. The van der Waals surface area contributed by atoms with Crippen LogP contribution in [0.4, 0.5) is 0 Å². The van der Waals surface area contributed by atoms with Crippen molar-refractivity contribution in [1.29, 1.82) is 0 Å². The monoisotopic (exact) mass is 220 g/mol. The van der Waals surface area contributed by atoms with Crippen LogP contribution in [0.2, 0.25) is 0 Å². The SMILES string of the molecule is CCC1CNCCC1c1ncccc1OC. The van der Waals surface area contributed by atoms with Gasteiger partial charge in [-0.25, -0.2) is 0 Å². The molecule has 3 nitrogen and oxygen atoms in total. The highest BCUT2D eigenvalue weighted by Crippen LogP contribution is 2.35. The van der Waals surface area contributed by atoms with Crippen molar-refractivity contribution < 1.29 is 4.74 Å². The normalized spacial score (nSPS) is 25.4. The Morgan fingerprint density at radius 1 is 1.56 bits per heavy atom. The number of piperidine rings is 1. The van der Waals surface area contributed by atoms with Crippen molar-refractivity contribution in [2.75, 3.05) is 20.2 Å². The molecule has 1 N–H and O–H groups in total. The third-order valence-corrected chi connectivity index (χ3v) is 3.50. The van der Waals surface area contributed by atoms with Crippen LogP contribution in [0.15, 0.2) is 18.3 Å². The van der Waals surface area contributed by atoms with Gasteiger partial charge in [0, 0.05) is 12.1 Å². The zero-order chi connectivity index (χ0) is 11.4. The van der Waals surface area contributed by atoms with E-state index in [0.29, 0.717) is 11.8 Å². The van der Waals surface area contributed by atoms with Crippen LogP contribution >= 0.6 is 0 Å². The number of aromatic nitrogens is 1. The fourth-order valence-corrected chi connectivity index (χ4v) is 2.57. The smallest absolute Gasteiger partial charge is 0.140 e. The van der Waals surface area contributed by atoms with Gasteiger partial charge in [0.2, 0.25) is 0 Å². The fourth-order valence-electron chi connectivity index (χ4n) is 2.57. The van der Waals surface area contributed by atoms with Crippen molar-refractivity contribution in [3.05, 3.63) is 24.0 Å². The number of pyridine rings is 1. The van der Waals surface area contributed by atoms with E-state index in [1.807, 2.05) is 18.3 Å². The van der Waals surface area contributed by atoms with Gasteiger partial charge in [-0.2, -0.15) is 0 Å². The van der Waals surface area contributed by atoms with E-state index in [1.54, 1.807) is 7.11 Å². The third kappa shape index (κ3) is 2.19. The highest BCUT2D eigenvalue weighted by atomic mass is 16.5. The predicted molar refractivity (Wildman–Crippen MR) is 64.8 cm³/mol. The molecule has 2 atom stereocenters. The highest BCUT2D eigenvalue weighted by molar-refractivity contribution is 5.30. The van der Waals surface area contributed by atoms with Gasteiger partial charge in [-0.1, -0.05) is 13.3 Å². The minimum Gasteiger partial charge on any atom is -0.495 e. The summed E-state index contributed by atoms with van der Waals surface area (Å²) in [4.78, 5) is 4.52. The molecule has 0 radical (unpaired) electrons. The van der Waals surface area contributed by atoms with E-state index in [4.69, 9.17) is 4.74 Å².